The van der Waals surface area contributed by atoms with Gasteiger partial charge in [-0.2, -0.15) is 0 Å². The van der Waals surface area contributed by atoms with Gasteiger partial charge >= 0.3 is 0 Å². The quantitative estimate of drug-likeness (QED) is 0.750. The van der Waals surface area contributed by atoms with Crippen molar-refractivity contribution in [2.75, 3.05) is 0 Å². The van der Waals surface area contributed by atoms with Crippen LogP contribution in [0.5, 0.6) is 0 Å². The summed E-state index contributed by atoms with van der Waals surface area (Å²) in [6, 6.07) is 7.93. The minimum absolute atomic E-state index is 0.200. The van der Waals surface area contributed by atoms with Gasteiger partial charge in [-0.25, -0.2) is 4.98 Å². The SMILES string of the molecule is NC(c1nccs1)c1cncc2ccccc12. The molecule has 0 radical (unpaired) electrons. The second-order valence-corrected chi connectivity index (χ2v) is 4.72. The maximum absolute atomic E-state index is 6.23. The molecule has 0 amide bonds. The third kappa shape index (κ3) is 1.81. The maximum Gasteiger partial charge on any atom is 0.114 e. The molecule has 3 nitrogen and oxygen atoms in total. The molecule has 1 unspecified atom stereocenters. The van der Waals surface area contributed by atoms with E-state index in [1.165, 1.54) is 0 Å². The summed E-state index contributed by atoms with van der Waals surface area (Å²) >= 11 is 1.57. The highest BCUT2D eigenvalue weighted by molar-refractivity contribution is 7.09. The van der Waals surface area contributed by atoms with Crippen LogP contribution in [0.1, 0.15) is 16.6 Å². The maximum atomic E-state index is 6.23. The van der Waals surface area contributed by atoms with Crippen LogP contribution in [0, 0.1) is 0 Å². The zero-order valence-electron chi connectivity index (χ0n) is 9.08. The largest absolute Gasteiger partial charge is 0.318 e. The molecule has 3 rings (SSSR count). The Hall–Kier alpha value is -1.78. The average molecular weight is 241 g/mol. The van der Waals surface area contributed by atoms with Gasteiger partial charge < -0.3 is 5.73 Å². The smallest absolute Gasteiger partial charge is 0.114 e. The average Bonchev–Trinajstić information content (AvgIpc) is 2.91. The van der Waals surface area contributed by atoms with Crippen LogP contribution in [0.4, 0.5) is 0 Å². The second kappa shape index (κ2) is 4.24. The van der Waals surface area contributed by atoms with E-state index in [-0.39, 0.29) is 6.04 Å². The molecule has 0 aliphatic carbocycles. The predicted molar refractivity (Wildman–Crippen MR) is 69.9 cm³/mol. The molecule has 2 aromatic heterocycles. The molecule has 0 spiro atoms. The molecule has 1 atom stereocenters. The normalized spacial score (nSPS) is 12.8. The van der Waals surface area contributed by atoms with Gasteiger partial charge in [0.1, 0.15) is 5.01 Å². The molecule has 0 aliphatic heterocycles. The molecule has 0 aliphatic rings. The molecule has 0 bridgehead atoms. The topological polar surface area (TPSA) is 51.8 Å². The van der Waals surface area contributed by atoms with E-state index in [1.54, 1.807) is 17.5 Å². The number of hydrogen-bond donors (Lipinski definition) is 1. The van der Waals surface area contributed by atoms with Crippen molar-refractivity contribution in [2.45, 2.75) is 6.04 Å². The van der Waals surface area contributed by atoms with Crippen molar-refractivity contribution in [3.63, 3.8) is 0 Å². The van der Waals surface area contributed by atoms with Crippen LogP contribution < -0.4 is 5.73 Å². The summed E-state index contributed by atoms with van der Waals surface area (Å²) < 4.78 is 0. The van der Waals surface area contributed by atoms with Gasteiger partial charge in [-0.05, 0) is 5.39 Å². The number of thiazole rings is 1. The number of pyridine rings is 1. The zero-order chi connectivity index (χ0) is 11.7. The fourth-order valence-corrected chi connectivity index (χ4v) is 2.57. The summed E-state index contributed by atoms with van der Waals surface area (Å²) in [5.41, 5.74) is 7.26. The summed E-state index contributed by atoms with van der Waals surface area (Å²) in [5, 5.41) is 5.11. The minimum Gasteiger partial charge on any atom is -0.318 e. The van der Waals surface area contributed by atoms with Crippen molar-refractivity contribution in [2.24, 2.45) is 5.73 Å². The van der Waals surface area contributed by atoms with Crippen molar-refractivity contribution in [3.8, 4) is 0 Å². The van der Waals surface area contributed by atoms with Crippen LogP contribution in [0.15, 0.2) is 48.2 Å². The van der Waals surface area contributed by atoms with E-state index in [0.717, 1.165) is 21.3 Å². The number of hydrogen-bond acceptors (Lipinski definition) is 4. The molecule has 84 valence electrons. The highest BCUT2D eigenvalue weighted by Crippen LogP contribution is 2.27. The van der Waals surface area contributed by atoms with E-state index in [1.807, 2.05) is 36.0 Å². The Morgan fingerprint density at radius 3 is 2.88 bits per heavy atom. The lowest BCUT2D eigenvalue weighted by Crippen LogP contribution is -2.12. The molecule has 1 aromatic carbocycles. The molecule has 17 heavy (non-hydrogen) atoms. The van der Waals surface area contributed by atoms with Crippen LogP contribution in [0.25, 0.3) is 10.8 Å². The Balaban J connectivity index is 2.17. The Kier molecular flexibility index (Phi) is 2.59. The first-order valence-corrected chi connectivity index (χ1v) is 6.22. The number of fused-ring (bicyclic) bond motifs is 1. The van der Waals surface area contributed by atoms with Crippen LogP contribution in [0.3, 0.4) is 0 Å². The van der Waals surface area contributed by atoms with Gasteiger partial charge in [0, 0.05) is 34.9 Å². The van der Waals surface area contributed by atoms with E-state index in [2.05, 4.69) is 16.0 Å². The monoisotopic (exact) mass is 241 g/mol. The highest BCUT2D eigenvalue weighted by atomic mass is 32.1. The summed E-state index contributed by atoms with van der Waals surface area (Å²) in [5.74, 6) is 0. The first-order valence-electron chi connectivity index (χ1n) is 5.34. The fourth-order valence-electron chi connectivity index (χ4n) is 1.91. The molecule has 0 saturated carbocycles. The van der Waals surface area contributed by atoms with Crippen molar-refractivity contribution >= 4 is 22.1 Å². The van der Waals surface area contributed by atoms with E-state index in [9.17, 15) is 0 Å². The lowest BCUT2D eigenvalue weighted by Gasteiger charge is -2.11. The van der Waals surface area contributed by atoms with Crippen LogP contribution in [0.2, 0.25) is 0 Å². The number of nitrogens with zero attached hydrogens (tertiary/aromatic N) is 2. The molecule has 0 saturated heterocycles. The molecule has 2 heterocycles. The van der Waals surface area contributed by atoms with Gasteiger partial charge in [0.05, 0.1) is 6.04 Å². The summed E-state index contributed by atoms with van der Waals surface area (Å²) in [7, 11) is 0. The molecule has 0 fully saturated rings. The van der Waals surface area contributed by atoms with Crippen LogP contribution >= 0.6 is 11.3 Å². The number of rotatable bonds is 2. The third-order valence-electron chi connectivity index (χ3n) is 2.75. The fraction of sp³-hybridized carbons (Fsp3) is 0.0769. The van der Waals surface area contributed by atoms with Crippen molar-refractivity contribution in [1.82, 2.24) is 9.97 Å². The van der Waals surface area contributed by atoms with Gasteiger partial charge in [-0.15, -0.1) is 11.3 Å². The number of nitrogens with two attached hydrogens (primary N) is 1. The van der Waals surface area contributed by atoms with E-state index >= 15 is 0 Å². The lowest BCUT2D eigenvalue weighted by atomic mass is 10.0. The molecule has 3 aromatic rings. The van der Waals surface area contributed by atoms with Gasteiger partial charge in [-0.1, -0.05) is 24.3 Å². The first kappa shape index (κ1) is 10.4. The Bertz CT molecular complexity index is 629. The minimum atomic E-state index is -0.200. The van der Waals surface area contributed by atoms with Crippen molar-refractivity contribution in [1.29, 1.82) is 0 Å². The van der Waals surface area contributed by atoms with Gasteiger partial charge in [0.15, 0.2) is 0 Å². The molecular weight excluding hydrogens is 230 g/mol. The summed E-state index contributed by atoms with van der Waals surface area (Å²) in [6.07, 6.45) is 5.46. The lowest BCUT2D eigenvalue weighted by molar-refractivity contribution is 0.860. The highest BCUT2D eigenvalue weighted by Gasteiger charge is 2.14. The molecule has 2 N–H and O–H groups in total. The number of benzene rings is 1. The molecule has 4 heteroatoms. The summed E-state index contributed by atoms with van der Waals surface area (Å²) in [6.45, 7) is 0. The second-order valence-electron chi connectivity index (χ2n) is 3.80. The van der Waals surface area contributed by atoms with Crippen molar-refractivity contribution in [3.05, 3.63) is 58.8 Å². The zero-order valence-corrected chi connectivity index (χ0v) is 9.89. The van der Waals surface area contributed by atoms with Crippen LogP contribution in [-0.2, 0) is 0 Å². The third-order valence-corrected chi connectivity index (χ3v) is 3.61. The van der Waals surface area contributed by atoms with Gasteiger partial charge in [-0.3, -0.25) is 4.98 Å². The van der Waals surface area contributed by atoms with Gasteiger partial charge in [0.25, 0.3) is 0 Å². The van der Waals surface area contributed by atoms with Crippen LogP contribution in [-0.4, -0.2) is 9.97 Å². The Labute approximate surface area is 103 Å². The Morgan fingerprint density at radius 2 is 2.06 bits per heavy atom. The van der Waals surface area contributed by atoms with E-state index in [0.29, 0.717) is 0 Å². The Morgan fingerprint density at radius 1 is 1.18 bits per heavy atom. The van der Waals surface area contributed by atoms with E-state index in [4.69, 9.17) is 5.73 Å². The number of aromatic nitrogens is 2. The van der Waals surface area contributed by atoms with E-state index < -0.39 is 0 Å². The van der Waals surface area contributed by atoms with Crippen molar-refractivity contribution < 1.29 is 0 Å². The molecular formula is C13H11N3S. The van der Waals surface area contributed by atoms with Gasteiger partial charge in [0.2, 0.25) is 0 Å². The standard InChI is InChI=1S/C13H11N3S/c14-12(13-16-5-6-17-13)11-8-15-7-9-3-1-2-4-10(9)11/h1-8,12H,14H2. The first-order chi connectivity index (χ1) is 8.36. The summed E-state index contributed by atoms with van der Waals surface area (Å²) in [4.78, 5) is 8.51. The predicted octanol–water partition coefficient (Wildman–Crippen LogP) is 2.74.